The molecule has 0 unspecified atom stereocenters. The molecule has 0 saturated heterocycles. The van der Waals surface area contributed by atoms with E-state index < -0.39 is 0 Å². The van der Waals surface area contributed by atoms with E-state index in [0.29, 0.717) is 11.1 Å². The standard InChI is InChI=1S/C10H10N2.C10H8N2.C9H5BrN2.4CH4/c2*1-7-4-8(6-11)5-10-9(7)2-3-12-10;10-8-3-6(5-11)4-9-7(8)1-2-12-9;;;;/h4-5,12H,2-3H2,1H3;2-5,12H,1H3;1-4,12H;4*1H4. The third-order valence-electron chi connectivity index (χ3n) is 6.04. The lowest BCUT2D eigenvalue weighted by molar-refractivity contribution is 1.09. The van der Waals surface area contributed by atoms with Crippen molar-refractivity contribution in [2.45, 2.75) is 50.0 Å². The van der Waals surface area contributed by atoms with E-state index in [1.54, 1.807) is 0 Å². The lowest BCUT2D eigenvalue weighted by atomic mass is 10.0. The van der Waals surface area contributed by atoms with E-state index in [4.69, 9.17) is 15.8 Å². The zero-order valence-corrected chi connectivity index (χ0v) is 21.5. The van der Waals surface area contributed by atoms with E-state index in [1.807, 2.05) is 67.8 Å². The minimum absolute atomic E-state index is 0. The maximum atomic E-state index is 8.72. The first kappa shape index (κ1) is 35.5. The fraction of sp³-hybridized carbons (Fsp3) is 0.242. The first-order valence-corrected chi connectivity index (χ1v) is 12.1. The van der Waals surface area contributed by atoms with Gasteiger partial charge in [-0.2, -0.15) is 15.8 Å². The van der Waals surface area contributed by atoms with Gasteiger partial charge in [0.15, 0.2) is 0 Å². The summed E-state index contributed by atoms with van der Waals surface area (Å²) in [5, 5.41) is 31.6. The largest absolute Gasteiger partial charge is 0.384 e. The highest BCUT2D eigenvalue weighted by Gasteiger charge is 2.12. The van der Waals surface area contributed by atoms with Gasteiger partial charge in [0, 0.05) is 50.9 Å². The van der Waals surface area contributed by atoms with Crippen LogP contribution in [0.1, 0.15) is 63.1 Å². The van der Waals surface area contributed by atoms with Gasteiger partial charge in [0.05, 0.1) is 34.9 Å². The molecule has 0 amide bonds. The molecule has 0 fully saturated rings. The summed E-state index contributed by atoms with van der Waals surface area (Å²) in [6.07, 6.45) is 4.84. The number of aromatic nitrogens is 2. The van der Waals surface area contributed by atoms with Crippen LogP contribution in [-0.2, 0) is 6.42 Å². The molecule has 3 aromatic carbocycles. The van der Waals surface area contributed by atoms with Crippen LogP contribution >= 0.6 is 15.9 Å². The van der Waals surface area contributed by atoms with Crippen molar-refractivity contribution in [3.05, 3.63) is 98.8 Å². The van der Waals surface area contributed by atoms with Crippen molar-refractivity contribution in [2.75, 3.05) is 11.9 Å². The maximum Gasteiger partial charge on any atom is 0.0992 e. The number of nitrogens with one attached hydrogen (secondary N) is 3. The Morgan fingerprint density at radius 3 is 1.77 bits per heavy atom. The molecule has 208 valence electrons. The molecule has 2 aromatic heterocycles. The Morgan fingerprint density at radius 2 is 1.18 bits per heavy atom. The predicted octanol–water partition coefficient (Wildman–Crippen LogP) is 9.53. The number of fused-ring (bicyclic) bond motifs is 3. The number of rotatable bonds is 0. The zero-order chi connectivity index (χ0) is 25.7. The number of nitriles is 3. The van der Waals surface area contributed by atoms with Crippen LogP contribution in [0.5, 0.6) is 0 Å². The summed E-state index contributed by atoms with van der Waals surface area (Å²) in [5.41, 5.74) is 9.03. The summed E-state index contributed by atoms with van der Waals surface area (Å²) in [7, 11) is 0. The monoisotopic (exact) mass is 598 g/mol. The van der Waals surface area contributed by atoms with Gasteiger partial charge >= 0.3 is 0 Å². The van der Waals surface area contributed by atoms with Gasteiger partial charge in [-0.05, 0) is 85.5 Å². The zero-order valence-electron chi connectivity index (χ0n) is 19.9. The molecular weight excluding hydrogens is 560 g/mol. The molecule has 0 atom stereocenters. The average molecular weight is 600 g/mol. The Labute approximate surface area is 247 Å². The van der Waals surface area contributed by atoms with Crippen molar-refractivity contribution >= 4 is 43.4 Å². The van der Waals surface area contributed by atoms with Gasteiger partial charge in [-0.3, -0.25) is 0 Å². The topological polar surface area (TPSA) is 115 Å². The van der Waals surface area contributed by atoms with Crippen molar-refractivity contribution in [1.82, 2.24) is 9.97 Å². The summed E-state index contributed by atoms with van der Waals surface area (Å²) in [5.74, 6) is 0. The number of H-pyrrole nitrogens is 2. The van der Waals surface area contributed by atoms with Gasteiger partial charge in [0.25, 0.3) is 0 Å². The van der Waals surface area contributed by atoms with E-state index in [9.17, 15) is 0 Å². The highest BCUT2D eigenvalue weighted by Crippen LogP contribution is 2.27. The van der Waals surface area contributed by atoms with Crippen LogP contribution in [0.25, 0.3) is 21.8 Å². The third kappa shape index (κ3) is 7.76. The summed E-state index contributed by atoms with van der Waals surface area (Å²) in [6, 6.07) is 21.7. The highest BCUT2D eigenvalue weighted by molar-refractivity contribution is 9.10. The molecule has 3 N–H and O–H groups in total. The molecule has 0 spiro atoms. The van der Waals surface area contributed by atoms with Gasteiger partial charge in [0.2, 0.25) is 0 Å². The molecule has 1 aliphatic rings. The number of aromatic amines is 2. The normalized spacial score (nSPS) is 10.0. The first-order valence-electron chi connectivity index (χ1n) is 11.4. The highest BCUT2D eigenvalue weighted by atomic mass is 79.9. The average Bonchev–Trinajstić information content (AvgIpc) is 3.65. The van der Waals surface area contributed by atoms with Crippen LogP contribution in [0.3, 0.4) is 0 Å². The second-order valence-corrected chi connectivity index (χ2v) is 9.31. The summed E-state index contributed by atoms with van der Waals surface area (Å²) in [6.45, 7) is 5.08. The number of halogens is 1. The van der Waals surface area contributed by atoms with Gasteiger partial charge in [-0.15, -0.1) is 0 Å². The van der Waals surface area contributed by atoms with Crippen LogP contribution in [0, 0.1) is 47.8 Å². The second kappa shape index (κ2) is 15.8. The molecule has 7 heteroatoms. The third-order valence-corrected chi connectivity index (χ3v) is 6.70. The Balaban J connectivity index is 0.000000543. The molecule has 6 nitrogen and oxygen atoms in total. The summed E-state index contributed by atoms with van der Waals surface area (Å²) in [4.78, 5) is 6.14. The molecule has 0 radical (unpaired) electrons. The summed E-state index contributed by atoms with van der Waals surface area (Å²) >= 11 is 3.40. The van der Waals surface area contributed by atoms with Crippen LogP contribution < -0.4 is 5.32 Å². The number of hydrogen-bond donors (Lipinski definition) is 3. The molecule has 5 aromatic rings. The van der Waals surface area contributed by atoms with Crippen LogP contribution in [0.15, 0.2) is 65.4 Å². The van der Waals surface area contributed by atoms with Crippen LogP contribution in [0.4, 0.5) is 5.69 Å². The number of anilines is 1. The molecular formula is C33H39BrN6. The van der Waals surface area contributed by atoms with Crippen molar-refractivity contribution in [3.8, 4) is 18.2 Å². The minimum atomic E-state index is 0. The Bertz CT molecular complexity index is 1600. The van der Waals surface area contributed by atoms with Gasteiger partial charge in [-0.1, -0.05) is 45.6 Å². The van der Waals surface area contributed by atoms with E-state index in [0.717, 1.165) is 50.7 Å². The number of hydrogen-bond acceptors (Lipinski definition) is 4. The smallest absolute Gasteiger partial charge is 0.0992 e. The number of nitrogens with zero attached hydrogens (tertiary/aromatic N) is 3. The molecule has 6 rings (SSSR count). The van der Waals surface area contributed by atoms with Gasteiger partial charge < -0.3 is 15.3 Å². The fourth-order valence-corrected chi connectivity index (χ4v) is 4.89. The summed E-state index contributed by atoms with van der Waals surface area (Å²) < 4.78 is 0.956. The van der Waals surface area contributed by atoms with E-state index >= 15 is 0 Å². The predicted molar refractivity (Wildman–Crippen MR) is 173 cm³/mol. The molecule has 40 heavy (non-hydrogen) atoms. The van der Waals surface area contributed by atoms with E-state index in [2.05, 4.69) is 56.3 Å². The number of benzene rings is 3. The van der Waals surface area contributed by atoms with Crippen LogP contribution in [0.2, 0.25) is 0 Å². The van der Waals surface area contributed by atoms with Crippen molar-refractivity contribution in [1.29, 1.82) is 15.8 Å². The molecule has 1 aliphatic heterocycles. The lowest BCUT2D eigenvalue weighted by Crippen LogP contribution is -1.90. The Hall–Kier alpha value is -4.51. The lowest BCUT2D eigenvalue weighted by Gasteiger charge is -2.03. The first-order chi connectivity index (χ1) is 17.4. The van der Waals surface area contributed by atoms with Crippen LogP contribution in [-0.4, -0.2) is 16.5 Å². The minimum Gasteiger partial charge on any atom is -0.384 e. The molecule has 0 bridgehead atoms. The van der Waals surface area contributed by atoms with Gasteiger partial charge in [0.1, 0.15) is 0 Å². The molecule has 0 saturated carbocycles. The van der Waals surface area contributed by atoms with Crippen molar-refractivity contribution in [2.24, 2.45) is 0 Å². The van der Waals surface area contributed by atoms with Gasteiger partial charge in [-0.25, -0.2) is 0 Å². The van der Waals surface area contributed by atoms with Crippen molar-refractivity contribution < 1.29 is 0 Å². The Kier molecular flexibility index (Phi) is 14.0. The quantitative estimate of drug-likeness (QED) is 0.164. The second-order valence-electron chi connectivity index (χ2n) is 8.46. The fourth-order valence-electron chi connectivity index (χ4n) is 4.30. The number of aryl methyl sites for hydroxylation is 2. The van der Waals surface area contributed by atoms with E-state index in [-0.39, 0.29) is 29.7 Å². The Morgan fingerprint density at radius 1 is 0.675 bits per heavy atom. The maximum absolute atomic E-state index is 8.72. The van der Waals surface area contributed by atoms with E-state index in [1.165, 1.54) is 16.5 Å². The SMILES string of the molecule is C.C.C.C.Cc1cc(C#N)cc2[nH]ccc12.Cc1cc(C#N)cc2c1CCN2.N#Cc1cc(Br)c2cc[nH]c2c1. The molecule has 3 heterocycles. The van der Waals surface area contributed by atoms with Crippen molar-refractivity contribution in [3.63, 3.8) is 0 Å². The molecule has 0 aliphatic carbocycles.